The first-order valence-corrected chi connectivity index (χ1v) is 8.23. The molecule has 0 aliphatic carbocycles. The van der Waals surface area contributed by atoms with Crippen molar-refractivity contribution < 1.29 is 14.3 Å². The first-order chi connectivity index (χ1) is 11.6. The highest BCUT2D eigenvalue weighted by Gasteiger charge is 2.40. The zero-order valence-electron chi connectivity index (χ0n) is 14.2. The van der Waals surface area contributed by atoms with Crippen molar-refractivity contribution in [3.63, 3.8) is 0 Å². The molecule has 126 valence electrons. The summed E-state index contributed by atoms with van der Waals surface area (Å²) in [6.45, 7) is 4.47. The van der Waals surface area contributed by atoms with E-state index < -0.39 is 5.72 Å². The molecule has 2 aromatic rings. The van der Waals surface area contributed by atoms with E-state index in [1.54, 1.807) is 7.11 Å². The quantitative estimate of drug-likeness (QED) is 0.791. The lowest BCUT2D eigenvalue weighted by Crippen LogP contribution is -2.57. The van der Waals surface area contributed by atoms with Crippen LogP contribution in [0, 0.1) is 0 Å². The molecule has 0 spiro atoms. The van der Waals surface area contributed by atoms with E-state index in [0.29, 0.717) is 31.9 Å². The summed E-state index contributed by atoms with van der Waals surface area (Å²) in [7, 11) is 1.59. The van der Waals surface area contributed by atoms with Crippen LogP contribution in [0.15, 0.2) is 54.6 Å². The van der Waals surface area contributed by atoms with Gasteiger partial charge >= 0.3 is 0 Å². The van der Waals surface area contributed by atoms with E-state index in [2.05, 4.69) is 12.1 Å². The molecule has 0 bridgehead atoms. The predicted octanol–water partition coefficient (Wildman–Crippen LogP) is 3.23. The number of benzene rings is 2. The number of carbonyl (C=O) groups excluding carboxylic acids is 1. The number of carbonyl (C=O) groups is 1. The van der Waals surface area contributed by atoms with Crippen LogP contribution < -0.4 is 0 Å². The predicted molar refractivity (Wildman–Crippen MR) is 94.0 cm³/mol. The normalized spacial score (nSPS) is 18.1. The van der Waals surface area contributed by atoms with E-state index in [0.717, 1.165) is 11.1 Å². The molecule has 1 aliphatic heterocycles. The van der Waals surface area contributed by atoms with Gasteiger partial charge in [-0.3, -0.25) is 9.69 Å². The van der Waals surface area contributed by atoms with E-state index in [9.17, 15) is 4.79 Å². The van der Waals surface area contributed by atoms with Gasteiger partial charge in [0, 0.05) is 25.8 Å². The molecule has 24 heavy (non-hydrogen) atoms. The molecule has 0 N–H and O–H groups in total. The van der Waals surface area contributed by atoms with Gasteiger partial charge in [0.2, 0.25) is 5.78 Å². The number of morpholine rings is 1. The summed E-state index contributed by atoms with van der Waals surface area (Å²) in [6, 6.07) is 17.9. The molecular weight excluding hydrogens is 302 g/mol. The van der Waals surface area contributed by atoms with Gasteiger partial charge in [-0.2, -0.15) is 0 Å². The van der Waals surface area contributed by atoms with Gasteiger partial charge in [-0.05, 0) is 18.1 Å². The fraction of sp³-hybridized carbons (Fsp3) is 0.350. The number of ketones is 1. The highest BCUT2D eigenvalue weighted by atomic mass is 16.5. The Labute approximate surface area is 143 Å². The lowest BCUT2D eigenvalue weighted by Gasteiger charge is -2.40. The molecule has 1 atom stereocenters. The number of methoxy groups -OCH3 is 1. The Morgan fingerprint density at radius 3 is 2.17 bits per heavy atom. The van der Waals surface area contributed by atoms with Gasteiger partial charge < -0.3 is 9.47 Å². The molecule has 0 amide bonds. The van der Waals surface area contributed by atoms with Crippen molar-refractivity contribution in [2.75, 3.05) is 33.4 Å². The Morgan fingerprint density at radius 1 is 1.00 bits per heavy atom. The van der Waals surface area contributed by atoms with E-state index in [-0.39, 0.29) is 5.78 Å². The number of ether oxygens (including phenoxy) is 2. The second kappa shape index (κ2) is 7.26. The smallest absolute Gasteiger partial charge is 0.209 e. The van der Waals surface area contributed by atoms with Crippen LogP contribution in [0.3, 0.4) is 0 Å². The number of Topliss-reactive ketones (excluding diaryl/α,β-unsaturated/α-hetero) is 1. The first-order valence-electron chi connectivity index (χ1n) is 8.23. The highest BCUT2D eigenvalue weighted by Crippen LogP contribution is 2.25. The SMILES string of the molecule is COC(C)(C(=O)c1ccc(-c2ccccc2)cc1)N1CCOCC1. The van der Waals surface area contributed by atoms with Gasteiger partial charge in [-0.15, -0.1) is 0 Å². The van der Waals surface area contributed by atoms with Crippen LogP contribution in [0.2, 0.25) is 0 Å². The van der Waals surface area contributed by atoms with Crippen molar-refractivity contribution in [2.24, 2.45) is 0 Å². The van der Waals surface area contributed by atoms with Crippen molar-refractivity contribution in [3.05, 3.63) is 60.2 Å². The van der Waals surface area contributed by atoms with E-state index in [1.807, 2.05) is 54.3 Å². The molecule has 2 aromatic carbocycles. The molecule has 0 radical (unpaired) electrons. The number of hydrogen-bond donors (Lipinski definition) is 0. The minimum atomic E-state index is -0.960. The van der Waals surface area contributed by atoms with Crippen LogP contribution in [0.25, 0.3) is 11.1 Å². The van der Waals surface area contributed by atoms with Crippen molar-refractivity contribution in [3.8, 4) is 11.1 Å². The molecule has 0 aromatic heterocycles. The average molecular weight is 325 g/mol. The second-order valence-corrected chi connectivity index (χ2v) is 6.06. The Balaban J connectivity index is 1.83. The van der Waals surface area contributed by atoms with E-state index in [1.165, 1.54) is 0 Å². The van der Waals surface area contributed by atoms with Gasteiger partial charge in [0.1, 0.15) is 0 Å². The summed E-state index contributed by atoms with van der Waals surface area (Å²) < 4.78 is 11.0. The van der Waals surface area contributed by atoms with Crippen LogP contribution in [0.4, 0.5) is 0 Å². The first kappa shape index (κ1) is 16.8. The molecule has 1 heterocycles. The minimum absolute atomic E-state index is 0.0217. The summed E-state index contributed by atoms with van der Waals surface area (Å²) in [5.41, 5.74) is 1.93. The Hall–Kier alpha value is -2.01. The van der Waals surface area contributed by atoms with Crippen molar-refractivity contribution >= 4 is 5.78 Å². The van der Waals surface area contributed by atoms with Gasteiger partial charge in [0.15, 0.2) is 5.72 Å². The lowest BCUT2D eigenvalue weighted by molar-refractivity contribution is -0.121. The zero-order valence-corrected chi connectivity index (χ0v) is 14.2. The van der Waals surface area contributed by atoms with Crippen LogP contribution in [-0.4, -0.2) is 49.8 Å². The van der Waals surface area contributed by atoms with Crippen LogP contribution in [0.1, 0.15) is 17.3 Å². The molecule has 0 saturated carbocycles. The Bertz CT molecular complexity index is 678. The van der Waals surface area contributed by atoms with E-state index in [4.69, 9.17) is 9.47 Å². The summed E-state index contributed by atoms with van der Waals surface area (Å²) in [5, 5.41) is 0. The fourth-order valence-electron chi connectivity index (χ4n) is 3.07. The maximum absolute atomic E-state index is 13.0. The van der Waals surface area contributed by atoms with Crippen LogP contribution >= 0.6 is 0 Å². The zero-order chi connectivity index (χ0) is 17.0. The highest BCUT2D eigenvalue weighted by molar-refractivity contribution is 6.02. The maximum Gasteiger partial charge on any atom is 0.209 e. The van der Waals surface area contributed by atoms with Crippen LogP contribution in [0.5, 0.6) is 0 Å². The topological polar surface area (TPSA) is 38.8 Å². The average Bonchev–Trinajstić information content (AvgIpc) is 2.68. The molecular formula is C20H23NO3. The van der Waals surface area contributed by atoms with E-state index >= 15 is 0 Å². The maximum atomic E-state index is 13.0. The summed E-state index contributed by atoms with van der Waals surface area (Å²) in [5.74, 6) is -0.0217. The second-order valence-electron chi connectivity index (χ2n) is 6.06. The van der Waals surface area contributed by atoms with Crippen LogP contribution in [-0.2, 0) is 9.47 Å². The molecule has 1 saturated heterocycles. The summed E-state index contributed by atoms with van der Waals surface area (Å²) >= 11 is 0. The van der Waals surface area contributed by atoms with Crippen molar-refractivity contribution in [2.45, 2.75) is 12.6 Å². The van der Waals surface area contributed by atoms with Crippen molar-refractivity contribution in [1.29, 1.82) is 0 Å². The standard InChI is InChI=1S/C20H23NO3/c1-20(23-2,21-12-14-24-15-13-21)19(22)18-10-8-17(9-11-18)16-6-4-3-5-7-16/h3-11H,12-15H2,1-2H3. The minimum Gasteiger partial charge on any atom is -0.379 e. The Morgan fingerprint density at radius 2 is 1.58 bits per heavy atom. The third-order valence-corrected chi connectivity index (χ3v) is 4.69. The summed E-state index contributed by atoms with van der Waals surface area (Å²) in [4.78, 5) is 15.1. The summed E-state index contributed by atoms with van der Waals surface area (Å²) in [6.07, 6.45) is 0. The molecule has 1 unspecified atom stereocenters. The molecule has 3 rings (SSSR count). The molecule has 1 fully saturated rings. The lowest BCUT2D eigenvalue weighted by atomic mass is 9.97. The Kier molecular flexibility index (Phi) is 5.09. The van der Waals surface area contributed by atoms with Gasteiger partial charge in [-0.25, -0.2) is 0 Å². The number of hydrogen-bond acceptors (Lipinski definition) is 4. The molecule has 1 aliphatic rings. The number of nitrogens with zero attached hydrogens (tertiary/aromatic N) is 1. The molecule has 4 nitrogen and oxygen atoms in total. The van der Waals surface area contributed by atoms with Gasteiger partial charge in [0.25, 0.3) is 0 Å². The third-order valence-electron chi connectivity index (χ3n) is 4.69. The number of rotatable bonds is 5. The third kappa shape index (κ3) is 3.26. The fourth-order valence-corrected chi connectivity index (χ4v) is 3.07. The van der Waals surface area contributed by atoms with Gasteiger partial charge in [0.05, 0.1) is 13.2 Å². The largest absolute Gasteiger partial charge is 0.379 e. The van der Waals surface area contributed by atoms with Crippen molar-refractivity contribution in [1.82, 2.24) is 4.90 Å². The monoisotopic (exact) mass is 325 g/mol. The molecule has 4 heteroatoms. The van der Waals surface area contributed by atoms with Gasteiger partial charge in [-0.1, -0.05) is 54.6 Å².